The van der Waals surface area contributed by atoms with Crippen LogP contribution >= 0.6 is 0 Å². The number of primary amides is 1. The fourth-order valence-corrected chi connectivity index (χ4v) is 3.08. The molecule has 0 saturated carbocycles. The second-order valence-electron chi connectivity index (χ2n) is 6.74. The van der Waals surface area contributed by atoms with Crippen molar-refractivity contribution in [2.24, 2.45) is 5.73 Å². The van der Waals surface area contributed by atoms with Crippen molar-refractivity contribution < 1.29 is 33.8 Å². The summed E-state index contributed by atoms with van der Waals surface area (Å²) in [5.74, 6) is -2.91. The number of esters is 1. The summed E-state index contributed by atoms with van der Waals surface area (Å²) >= 11 is 0. The smallest absolute Gasteiger partial charge is 0.339 e. The summed E-state index contributed by atoms with van der Waals surface area (Å²) in [4.78, 5) is 45.9. The molecular weight excluding hydrogens is 392 g/mol. The van der Waals surface area contributed by atoms with Gasteiger partial charge >= 0.3 is 11.9 Å². The Hall–Kier alpha value is -3.88. The summed E-state index contributed by atoms with van der Waals surface area (Å²) in [7, 11) is 0. The fraction of sp³-hybridized carbons (Fsp3) is 0.238. The van der Waals surface area contributed by atoms with Crippen LogP contribution < -0.4 is 15.8 Å². The van der Waals surface area contributed by atoms with Gasteiger partial charge in [-0.05, 0) is 29.3 Å². The number of hydrogen-bond donors (Lipinski definition) is 3. The summed E-state index contributed by atoms with van der Waals surface area (Å²) in [5.41, 5.74) is 7.23. The van der Waals surface area contributed by atoms with Gasteiger partial charge in [0.05, 0.1) is 12.0 Å². The number of ether oxygens (including phenoxy) is 2. The van der Waals surface area contributed by atoms with Gasteiger partial charge in [0, 0.05) is 6.42 Å². The molecule has 2 aromatic rings. The van der Waals surface area contributed by atoms with Crippen LogP contribution in [0, 0.1) is 0 Å². The lowest BCUT2D eigenvalue weighted by Crippen LogP contribution is -2.45. The van der Waals surface area contributed by atoms with Crippen molar-refractivity contribution in [3.05, 3.63) is 65.2 Å². The molecule has 9 nitrogen and oxygen atoms in total. The van der Waals surface area contributed by atoms with Gasteiger partial charge < -0.3 is 25.6 Å². The maximum atomic E-state index is 12.2. The Morgan fingerprint density at radius 1 is 1.17 bits per heavy atom. The van der Waals surface area contributed by atoms with Crippen molar-refractivity contribution >= 4 is 23.8 Å². The second-order valence-corrected chi connectivity index (χ2v) is 6.74. The molecule has 2 aromatic carbocycles. The highest BCUT2D eigenvalue weighted by molar-refractivity contribution is 5.92. The standard InChI is InChI=1S/C21H20N2O7/c22-18(24)10-16(20(26)27)23-19(25)11-29-14-7-5-12(6-8-14)17-9-13-3-1-2-4-15(13)21(28)30-17/h1-8,16-17H,9-11H2,(H2,22,24)(H,23,25)(H,26,27). The zero-order valence-electron chi connectivity index (χ0n) is 15.9. The number of cyclic esters (lactones) is 1. The Morgan fingerprint density at radius 3 is 2.53 bits per heavy atom. The lowest BCUT2D eigenvalue weighted by Gasteiger charge is -2.25. The first-order chi connectivity index (χ1) is 14.3. The first kappa shape index (κ1) is 20.8. The Kier molecular flexibility index (Phi) is 6.31. The number of carbonyl (C=O) groups excluding carboxylic acids is 3. The van der Waals surface area contributed by atoms with Crippen molar-refractivity contribution in [2.75, 3.05) is 6.61 Å². The molecule has 30 heavy (non-hydrogen) atoms. The molecular formula is C21H20N2O7. The number of nitrogens with one attached hydrogen (secondary N) is 1. The van der Waals surface area contributed by atoms with E-state index in [1.54, 1.807) is 36.4 Å². The maximum absolute atomic E-state index is 12.2. The van der Waals surface area contributed by atoms with Crippen molar-refractivity contribution in [3.63, 3.8) is 0 Å². The predicted octanol–water partition coefficient (Wildman–Crippen LogP) is 0.964. The zero-order chi connectivity index (χ0) is 21.7. The van der Waals surface area contributed by atoms with E-state index < -0.39 is 43.0 Å². The molecule has 0 aromatic heterocycles. The monoisotopic (exact) mass is 412 g/mol. The minimum absolute atomic E-state index is 0.372. The predicted molar refractivity (Wildman–Crippen MR) is 104 cm³/mol. The number of carboxylic acids is 1. The average molecular weight is 412 g/mol. The van der Waals surface area contributed by atoms with Gasteiger partial charge in [-0.15, -0.1) is 0 Å². The summed E-state index contributed by atoms with van der Waals surface area (Å²) in [5, 5.41) is 11.2. The van der Waals surface area contributed by atoms with Crippen molar-refractivity contribution in [1.82, 2.24) is 5.32 Å². The van der Waals surface area contributed by atoms with Crippen molar-refractivity contribution in [2.45, 2.75) is 25.0 Å². The number of aliphatic carboxylic acids is 1. The number of benzene rings is 2. The van der Waals surface area contributed by atoms with Crippen LogP contribution in [0.1, 0.15) is 34.0 Å². The van der Waals surface area contributed by atoms with E-state index in [4.69, 9.17) is 20.3 Å². The third kappa shape index (κ3) is 5.13. The molecule has 1 aliphatic rings. The Labute approximate surface area is 171 Å². The van der Waals surface area contributed by atoms with Gasteiger partial charge in [-0.25, -0.2) is 9.59 Å². The Bertz CT molecular complexity index is 972. The van der Waals surface area contributed by atoms with Crippen molar-refractivity contribution in [1.29, 1.82) is 0 Å². The number of nitrogens with two attached hydrogens (primary N) is 1. The summed E-state index contributed by atoms with van der Waals surface area (Å²) in [6.07, 6.45) is -0.380. The van der Waals surface area contributed by atoms with E-state index >= 15 is 0 Å². The van der Waals surface area contributed by atoms with Gasteiger partial charge in [0.15, 0.2) is 6.61 Å². The number of carboxylic acid groups (broad SMARTS) is 1. The van der Waals surface area contributed by atoms with Crippen LogP contribution in [0.15, 0.2) is 48.5 Å². The van der Waals surface area contributed by atoms with E-state index in [0.717, 1.165) is 11.1 Å². The van der Waals surface area contributed by atoms with Gasteiger partial charge in [-0.1, -0.05) is 30.3 Å². The number of fused-ring (bicyclic) bond motifs is 1. The molecule has 1 aliphatic heterocycles. The third-order valence-corrected chi connectivity index (χ3v) is 4.55. The molecule has 0 saturated heterocycles. The molecule has 2 atom stereocenters. The number of hydrogen-bond acceptors (Lipinski definition) is 6. The largest absolute Gasteiger partial charge is 0.484 e. The highest BCUT2D eigenvalue weighted by Gasteiger charge is 2.27. The molecule has 3 rings (SSSR count). The molecule has 2 amide bonds. The quantitative estimate of drug-likeness (QED) is 0.548. The van der Waals surface area contributed by atoms with Gasteiger partial charge in [-0.2, -0.15) is 0 Å². The van der Waals surface area contributed by atoms with Crippen LogP contribution in [0.4, 0.5) is 0 Å². The summed E-state index contributed by atoms with van der Waals surface area (Å²) in [6, 6.07) is 12.6. The number of amides is 2. The molecule has 2 unspecified atom stereocenters. The van der Waals surface area contributed by atoms with Crippen LogP contribution in [0.5, 0.6) is 5.75 Å². The normalized spacial score (nSPS) is 16.0. The van der Waals surface area contributed by atoms with E-state index in [1.165, 1.54) is 0 Å². The van der Waals surface area contributed by atoms with Crippen molar-refractivity contribution in [3.8, 4) is 5.75 Å². The highest BCUT2D eigenvalue weighted by Crippen LogP contribution is 2.31. The fourth-order valence-electron chi connectivity index (χ4n) is 3.08. The first-order valence-corrected chi connectivity index (χ1v) is 9.15. The van der Waals surface area contributed by atoms with Crippen LogP contribution in [-0.4, -0.2) is 41.5 Å². The molecule has 0 spiro atoms. The number of carbonyl (C=O) groups is 4. The summed E-state index contributed by atoms with van der Waals surface area (Å²) in [6.45, 7) is -0.437. The lowest BCUT2D eigenvalue weighted by atomic mass is 9.95. The van der Waals surface area contributed by atoms with Gasteiger partial charge in [0.1, 0.15) is 17.9 Å². The van der Waals surface area contributed by atoms with Crippen LogP contribution in [0.25, 0.3) is 0 Å². The molecule has 156 valence electrons. The SMILES string of the molecule is NC(=O)CC(NC(=O)COc1ccc(C2Cc3ccccc3C(=O)O2)cc1)C(=O)O. The molecule has 0 bridgehead atoms. The highest BCUT2D eigenvalue weighted by atomic mass is 16.5. The lowest BCUT2D eigenvalue weighted by molar-refractivity contribution is -0.143. The molecule has 0 radical (unpaired) electrons. The minimum Gasteiger partial charge on any atom is -0.484 e. The first-order valence-electron chi connectivity index (χ1n) is 9.15. The third-order valence-electron chi connectivity index (χ3n) is 4.55. The molecule has 9 heteroatoms. The van der Waals surface area contributed by atoms with Crippen LogP contribution in [0.3, 0.4) is 0 Å². The average Bonchev–Trinajstić information content (AvgIpc) is 2.72. The van der Waals surface area contributed by atoms with Crippen LogP contribution in [-0.2, 0) is 25.5 Å². The van der Waals surface area contributed by atoms with E-state index in [-0.39, 0.29) is 5.97 Å². The van der Waals surface area contributed by atoms with Gasteiger partial charge in [0.25, 0.3) is 5.91 Å². The second kappa shape index (κ2) is 9.08. The Balaban J connectivity index is 1.56. The summed E-state index contributed by atoms with van der Waals surface area (Å²) < 4.78 is 10.8. The zero-order valence-corrected chi connectivity index (χ0v) is 15.9. The topological polar surface area (TPSA) is 145 Å². The molecule has 0 fully saturated rings. The minimum atomic E-state index is -1.41. The van der Waals surface area contributed by atoms with E-state index in [1.807, 2.05) is 12.1 Å². The van der Waals surface area contributed by atoms with E-state index in [9.17, 15) is 19.2 Å². The molecule has 0 aliphatic carbocycles. The van der Waals surface area contributed by atoms with E-state index in [2.05, 4.69) is 5.32 Å². The van der Waals surface area contributed by atoms with Gasteiger partial charge in [0.2, 0.25) is 5.91 Å². The van der Waals surface area contributed by atoms with Crippen LogP contribution in [0.2, 0.25) is 0 Å². The Morgan fingerprint density at radius 2 is 1.87 bits per heavy atom. The molecule has 1 heterocycles. The van der Waals surface area contributed by atoms with E-state index in [0.29, 0.717) is 17.7 Å². The molecule has 4 N–H and O–H groups in total. The number of rotatable bonds is 8. The maximum Gasteiger partial charge on any atom is 0.339 e. The van der Waals surface area contributed by atoms with Gasteiger partial charge in [-0.3, -0.25) is 9.59 Å².